The van der Waals surface area contributed by atoms with Crippen molar-refractivity contribution >= 4 is 0 Å². The summed E-state index contributed by atoms with van der Waals surface area (Å²) >= 11 is 0. The molecule has 0 spiro atoms. The molecular formula is C10H11NO. The molecule has 0 aliphatic heterocycles. The van der Waals surface area contributed by atoms with Crippen molar-refractivity contribution in [2.24, 2.45) is 0 Å². The summed E-state index contributed by atoms with van der Waals surface area (Å²) in [5.74, 6) is 0.774. The molecule has 0 radical (unpaired) electrons. The molecule has 0 unspecified atom stereocenters. The molecular weight excluding hydrogens is 150 g/mol. The maximum Gasteiger partial charge on any atom is 0.120 e. The molecule has 0 saturated carbocycles. The lowest BCUT2D eigenvalue weighted by atomic mass is 10.2. The van der Waals surface area contributed by atoms with Gasteiger partial charge < -0.3 is 4.74 Å². The molecule has 0 bridgehead atoms. The zero-order valence-corrected chi connectivity index (χ0v) is 7.08. The van der Waals surface area contributed by atoms with Gasteiger partial charge in [-0.25, -0.2) is 0 Å². The van der Waals surface area contributed by atoms with E-state index in [1.807, 2.05) is 19.1 Å². The van der Waals surface area contributed by atoms with Crippen LogP contribution in [0.15, 0.2) is 24.3 Å². The summed E-state index contributed by atoms with van der Waals surface area (Å²) in [5.41, 5.74) is 0.642. The predicted octanol–water partition coefficient (Wildman–Crippen LogP) is 2.35. The van der Waals surface area contributed by atoms with E-state index in [0.29, 0.717) is 12.2 Å². The lowest BCUT2D eigenvalue weighted by molar-refractivity contribution is 0.317. The van der Waals surface area contributed by atoms with Crippen LogP contribution in [0.2, 0.25) is 0 Å². The molecule has 1 aromatic carbocycles. The maximum atomic E-state index is 8.58. The van der Waals surface area contributed by atoms with Crippen LogP contribution in [-0.4, -0.2) is 6.61 Å². The van der Waals surface area contributed by atoms with Gasteiger partial charge in [0.2, 0.25) is 0 Å². The minimum absolute atomic E-state index is 0.642. The normalized spacial score (nSPS) is 9.00. The molecule has 2 nitrogen and oxygen atoms in total. The number of nitrogens with zero attached hydrogens (tertiary/aromatic N) is 1. The topological polar surface area (TPSA) is 33.0 Å². The average Bonchev–Trinajstić information content (AvgIpc) is 2.15. The molecule has 12 heavy (non-hydrogen) atoms. The van der Waals surface area contributed by atoms with Crippen LogP contribution in [0.1, 0.15) is 18.9 Å². The highest BCUT2D eigenvalue weighted by molar-refractivity contribution is 5.36. The van der Waals surface area contributed by atoms with Gasteiger partial charge >= 0.3 is 0 Å². The molecule has 0 atom stereocenters. The predicted molar refractivity (Wildman–Crippen MR) is 46.9 cm³/mol. The van der Waals surface area contributed by atoms with Gasteiger partial charge in [-0.1, -0.05) is 13.0 Å². The molecule has 0 heterocycles. The molecule has 0 fully saturated rings. The van der Waals surface area contributed by atoms with Gasteiger partial charge in [0.15, 0.2) is 0 Å². The van der Waals surface area contributed by atoms with Gasteiger partial charge in [0.05, 0.1) is 18.2 Å². The van der Waals surface area contributed by atoms with Gasteiger partial charge in [-0.3, -0.25) is 0 Å². The second-order valence-electron chi connectivity index (χ2n) is 2.49. The third-order valence-corrected chi connectivity index (χ3v) is 1.44. The molecule has 2 heteroatoms. The standard InChI is InChI=1S/C10H11NO/c1-2-6-12-10-5-3-4-9(7-10)8-11/h3-5,7H,2,6H2,1H3. The van der Waals surface area contributed by atoms with Crippen LogP contribution in [0.5, 0.6) is 5.75 Å². The first-order chi connectivity index (χ1) is 5.86. The van der Waals surface area contributed by atoms with Crippen molar-refractivity contribution in [2.45, 2.75) is 13.3 Å². The van der Waals surface area contributed by atoms with E-state index in [-0.39, 0.29) is 0 Å². The molecule has 1 aromatic rings. The van der Waals surface area contributed by atoms with Crippen LogP contribution in [-0.2, 0) is 0 Å². The molecule has 1 rings (SSSR count). The summed E-state index contributed by atoms with van der Waals surface area (Å²) in [6.45, 7) is 2.75. The van der Waals surface area contributed by atoms with Crippen molar-refractivity contribution in [3.8, 4) is 11.8 Å². The van der Waals surface area contributed by atoms with Crippen molar-refractivity contribution in [2.75, 3.05) is 6.61 Å². The Morgan fingerprint density at radius 1 is 1.50 bits per heavy atom. The smallest absolute Gasteiger partial charge is 0.120 e. The van der Waals surface area contributed by atoms with Crippen LogP contribution in [0.4, 0.5) is 0 Å². The van der Waals surface area contributed by atoms with Gasteiger partial charge in [-0.2, -0.15) is 5.26 Å². The number of hydrogen-bond donors (Lipinski definition) is 0. The number of nitriles is 1. The Morgan fingerprint density at radius 3 is 3.00 bits per heavy atom. The minimum Gasteiger partial charge on any atom is -0.494 e. The molecule has 0 N–H and O–H groups in total. The first-order valence-electron chi connectivity index (χ1n) is 3.99. The summed E-state index contributed by atoms with van der Waals surface area (Å²) in [7, 11) is 0. The fourth-order valence-corrected chi connectivity index (χ4v) is 0.875. The van der Waals surface area contributed by atoms with E-state index >= 15 is 0 Å². The van der Waals surface area contributed by atoms with E-state index in [9.17, 15) is 0 Å². The Kier molecular flexibility index (Phi) is 3.16. The first kappa shape index (κ1) is 8.61. The van der Waals surface area contributed by atoms with E-state index in [1.54, 1.807) is 12.1 Å². The number of ether oxygens (including phenoxy) is 1. The van der Waals surface area contributed by atoms with Crippen molar-refractivity contribution in [1.29, 1.82) is 5.26 Å². The van der Waals surface area contributed by atoms with Crippen LogP contribution < -0.4 is 4.74 Å². The lowest BCUT2D eigenvalue weighted by Gasteiger charge is -2.03. The zero-order valence-electron chi connectivity index (χ0n) is 7.08. The van der Waals surface area contributed by atoms with E-state index in [1.165, 1.54) is 0 Å². The summed E-state index contributed by atoms with van der Waals surface area (Å²) in [6.07, 6.45) is 0.983. The van der Waals surface area contributed by atoms with Gasteiger partial charge in [0.25, 0.3) is 0 Å². The van der Waals surface area contributed by atoms with Crippen LogP contribution in [0, 0.1) is 11.3 Å². The van der Waals surface area contributed by atoms with E-state index in [4.69, 9.17) is 10.00 Å². The van der Waals surface area contributed by atoms with Gasteiger partial charge in [-0.15, -0.1) is 0 Å². The highest BCUT2D eigenvalue weighted by atomic mass is 16.5. The second-order valence-corrected chi connectivity index (χ2v) is 2.49. The summed E-state index contributed by atoms with van der Waals surface area (Å²) in [5, 5.41) is 8.58. The van der Waals surface area contributed by atoms with E-state index in [2.05, 4.69) is 6.07 Å². The Bertz CT molecular complexity index is 288. The maximum absolute atomic E-state index is 8.58. The Balaban J connectivity index is 2.68. The number of hydrogen-bond acceptors (Lipinski definition) is 2. The SMILES string of the molecule is CCCOc1cccc(C#N)c1. The third-order valence-electron chi connectivity index (χ3n) is 1.44. The minimum atomic E-state index is 0.642. The highest BCUT2D eigenvalue weighted by Crippen LogP contribution is 2.12. The van der Waals surface area contributed by atoms with E-state index < -0.39 is 0 Å². The second kappa shape index (κ2) is 4.40. The molecule has 0 aliphatic carbocycles. The third kappa shape index (κ3) is 2.28. The summed E-state index contributed by atoms with van der Waals surface area (Å²) < 4.78 is 5.35. The number of rotatable bonds is 3. The fourth-order valence-electron chi connectivity index (χ4n) is 0.875. The molecule has 0 aromatic heterocycles. The van der Waals surface area contributed by atoms with E-state index in [0.717, 1.165) is 12.2 Å². The monoisotopic (exact) mass is 161 g/mol. The quantitative estimate of drug-likeness (QED) is 0.681. The molecule has 62 valence electrons. The van der Waals surface area contributed by atoms with Gasteiger partial charge in [-0.05, 0) is 24.6 Å². The molecule has 0 saturated heterocycles. The van der Waals surface area contributed by atoms with Gasteiger partial charge in [0.1, 0.15) is 5.75 Å². The summed E-state index contributed by atoms with van der Waals surface area (Å²) in [6, 6.07) is 9.25. The van der Waals surface area contributed by atoms with Crippen molar-refractivity contribution in [3.05, 3.63) is 29.8 Å². The largest absolute Gasteiger partial charge is 0.494 e. The Hall–Kier alpha value is -1.49. The Morgan fingerprint density at radius 2 is 2.33 bits per heavy atom. The van der Waals surface area contributed by atoms with Crippen molar-refractivity contribution in [1.82, 2.24) is 0 Å². The summed E-state index contributed by atoms with van der Waals surface area (Å²) in [4.78, 5) is 0. The van der Waals surface area contributed by atoms with Crippen molar-refractivity contribution < 1.29 is 4.74 Å². The number of benzene rings is 1. The Labute approximate surface area is 72.4 Å². The molecule has 0 amide bonds. The lowest BCUT2D eigenvalue weighted by Crippen LogP contribution is -1.94. The average molecular weight is 161 g/mol. The highest BCUT2D eigenvalue weighted by Gasteiger charge is 1.93. The van der Waals surface area contributed by atoms with Crippen LogP contribution >= 0.6 is 0 Å². The first-order valence-corrected chi connectivity index (χ1v) is 3.99. The van der Waals surface area contributed by atoms with Crippen LogP contribution in [0.25, 0.3) is 0 Å². The fraction of sp³-hybridized carbons (Fsp3) is 0.300. The zero-order chi connectivity index (χ0) is 8.81. The van der Waals surface area contributed by atoms with Gasteiger partial charge in [0, 0.05) is 0 Å². The molecule has 0 aliphatic rings. The van der Waals surface area contributed by atoms with Crippen molar-refractivity contribution in [3.63, 3.8) is 0 Å². The van der Waals surface area contributed by atoms with Crippen LogP contribution in [0.3, 0.4) is 0 Å².